The van der Waals surface area contributed by atoms with Crippen LogP contribution in [0, 0.1) is 0 Å². The van der Waals surface area contributed by atoms with E-state index in [1.54, 1.807) is 32.9 Å². The van der Waals surface area contributed by atoms with Crippen LogP contribution in [0.2, 0.25) is 0 Å². The molecule has 1 heterocycles. The minimum atomic E-state index is -0.858. The molecule has 0 bridgehead atoms. The summed E-state index contributed by atoms with van der Waals surface area (Å²) in [5.41, 5.74) is 0.706. The predicted molar refractivity (Wildman–Crippen MR) is 94.0 cm³/mol. The molecule has 6 heteroatoms. The molecule has 0 atom stereocenters. The lowest BCUT2D eigenvalue weighted by Crippen LogP contribution is -2.29. The third kappa shape index (κ3) is 3.49. The van der Waals surface area contributed by atoms with Crippen LogP contribution in [0.3, 0.4) is 0 Å². The zero-order valence-corrected chi connectivity index (χ0v) is 15.1. The van der Waals surface area contributed by atoms with Gasteiger partial charge in [-0.3, -0.25) is 4.79 Å². The molecule has 0 spiro atoms. The number of aliphatic hydroxyl groups is 1. The summed E-state index contributed by atoms with van der Waals surface area (Å²) in [6, 6.07) is 8.64. The number of carbonyl (C=O) groups is 2. The van der Waals surface area contributed by atoms with Crippen molar-refractivity contribution >= 4 is 23.5 Å². The van der Waals surface area contributed by atoms with E-state index in [0.717, 1.165) is 5.56 Å². The lowest BCUT2D eigenvalue weighted by Gasteiger charge is -2.19. The first kappa shape index (κ1) is 17.8. The highest BCUT2D eigenvalue weighted by Crippen LogP contribution is 2.22. The zero-order valence-electron chi connectivity index (χ0n) is 15.1. The Balaban J connectivity index is 2.19. The van der Waals surface area contributed by atoms with Crippen LogP contribution in [0.5, 0.6) is 0 Å². The van der Waals surface area contributed by atoms with Crippen LogP contribution in [-0.4, -0.2) is 22.6 Å². The Bertz CT molecular complexity index is 1000. The average Bonchev–Trinajstić information content (AvgIpc) is 2.94. The number of ketones is 1. The smallest absolute Gasteiger partial charge is 0.504 e. The van der Waals surface area contributed by atoms with Gasteiger partial charge in [0, 0.05) is 18.9 Å². The Hall–Kier alpha value is -3.02. The SMILES string of the molecule is CC(=O)c1cc2c(o1)=C(O)c1ccccc1CC=2OC(=O)OC(C)(C)C. The summed E-state index contributed by atoms with van der Waals surface area (Å²) < 4.78 is 16.2. The third-order valence-electron chi connectivity index (χ3n) is 3.81. The molecule has 0 fully saturated rings. The van der Waals surface area contributed by atoms with Crippen LogP contribution in [0.15, 0.2) is 34.7 Å². The van der Waals surface area contributed by atoms with Crippen molar-refractivity contribution in [2.75, 3.05) is 0 Å². The first-order chi connectivity index (χ1) is 12.2. The number of benzene rings is 1. The minimum absolute atomic E-state index is 0.0752. The first-order valence-corrected chi connectivity index (χ1v) is 8.22. The number of hydrogen-bond donors (Lipinski definition) is 1. The molecule has 0 radical (unpaired) electrons. The van der Waals surface area contributed by atoms with Crippen molar-refractivity contribution in [2.24, 2.45) is 0 Å². The molecule has 1 aromatic carbocycles. The van der Waals surface area contributed by atoms with E-state index in [-0.39, 0.29) is 34.9 Å². The highest BCUT2D eigenvalue weighted by Gasteiger charge is 2.24. The van der Waals surface area contributed by atoms with Gasteiger partial charge in [-0.2, -0.15) is 0 Å². The van der Waals surface area contributed by atoms with Crippen LogP contribution in [0.4, 0.5) is 4.79 Å². The lowest BCUT2D eigenvalue weighted by molar-refractivity contribution is 0.0136. The molecular weight excluding hydrogens is 336 g/mol. The van der Waals surface area contributed by atoms with Crippen molar-refractivity contribution in [2.45, 2.75) is 39.7 Å². The fourth-order valence-electron chi connectivity index (χ4n) is 2.71. The van der Waals surface area contributed by atoms with Gasteiger partial charge in [0.1, 0.15) is 11.4 Å². The molecule has 1 N–H and O–H groups in total. The summed E-state index contributed by atoms with van der Waals surface area (Å²) in [6.45, 7) is 6.56. The van der Waals surface area contributed by atoms with Gasteiger partial charge >= 0.3 is 6.16 Å². The minimum Gasteiger partial charge on any atom is -0.504 e. The number of rotatable bonds is 2. The Morgan fingerprint density at radius 2 is 1.88 bits per heavy atom. The van der Waals surface area contributed by atoms with E-state index >= 15 is 0 Å². The summed E-state index contributed by atoms with van der Waals surface area (Å²) in [5.74, 6) is -0.0742. The van der Waals surface area contributed by atoms with Crippen LogP contribution in [0.1, 0.15) is 49.4 Å². The van der Waals surface area contributed by atoms with Gasteiger partial charge < -0.3 is 19.0 Å². The van der Waals surface area contributed by atoms with E-state index in [4.69, 9.17) is 13.9 Å². The molecule has 0 saturated carbocycles. The first-order valence-electron chi connectivity index (χ1n) is 8.22. The highest BCUT2D eigenvalue weighted by molar-refractivity contribution is 5.91. The van der Waals surface area contributed by atoms with Gasteiger partial charge in [-0.05, 0) is 32.4 Å². The van der Waals surface area contributed by atoms with Crippen molar-refractivity contribution in [3.8, 4) is 0 Å². The van der Waals surface area contributed by atoms with E-state index in [1.165, 1.54) is 13.0 Å². The topological polar surface area (TPSA) is 86.0 Å². The van der Waals surface area contributed by atoms with E-state index < -0.39 is 11.8 Å². The highest BCUT2D eigenvalue weighted by atomic mass is 16.7. The molecule has 26 heavy (non-hydrogen) atoms. The summed E-state index contributed by atoms with van der Waals surface area (Å²) in [6.07, 6.45) is -0.619. The number of aliphatic hydroxyl groups excluding tert-OH is 1. The number of carbonyl (C=O) groups excluding carboxylic acids is 2. The third-order valence-corrected chi connectivity index (χ3v) is 3.81. The summed E-state index contributed by atoms with van der Waals surface area (Å²) in [5, 5.41) is 11.0. The molecule has 6 nitrogen and oxygen atoms in total. The Kier molecular flexibility index (Phi) is 4.36. The second kappa shape index (κ2) is 6.37. The van der Waals surface area contributed by atoms with Gasteiger partial charge in [0.2, 0.25) is 0 Å². The van der Waals surface area contributed by atoms with Crippen molar-refractivity contribution in [3.05, 3.63) is 57.9 Å². The number of fused-ring (bicyclic) bond motifs is 2. The van der Waals surface area contributed by atoms with Crippen molar-refractivity contribution in [3.63, 3.8) is 0 Å². The maximum absolute atomic E-state index is 12.2. The molecule has 136 valence electrons. The number of hydrogen-bond acceptors (Lipinski definition) is 6. The van der Waals surface area contributed by atoms with Crippen molar-refractivity contribution < 1.29 is 28.6 Å². The molecule has 1 aliphatic carbocycles. The summed E-state index contributed by atoms with van der Waals surface area (Å²) in [7, 11) is 0. The van der Waals surface area contributed by atoms with Gasteiger partial charge in [0.25, 0.3) is 0 Å². The quantitative estimate of drug-likeness (QED) is 0.658. The summed E-state index contributed by atoms with van der Waals surface area (Å²) in [4.78, 5) is 23.8. The molecule has 0 amide bonds. The predicted octanol–water partition coefficient (Wildman–Crippen LogP) is 2.81. The van der Waals surface area contributed by atoms with E-state index in [0.29, 0.717) is 10.8 Å². The molecule has 2 aromatic rings. The molecule has 1 aromatic heterocycles. The molecule has 1 aliphatic rings. The van der Waals surface area contributed by atoms with E-state index in [2.05, 4.69) is 0 Å². The Morgan fingerprint density at radius 1 is 1.19 bits per heavy atom. The van der Waals surface area contributed by atoms with Gasteiger partial charge in [0.05, 0.1) is 5.22 Å². The van der Waals surface area contributed by atoms with Crippen LogP contribution >= 0.6 is 0 Å². The van der Waals surface area contributed by atoms with Crippen molar-refractivity contribution in [1.29, 1.82) is 0 Å². The van der Waals surface area contributed by atoms with Crippen molar-refractivity contribution in [1.82, 2.24) is 0 Å². The number of ether oxygens (including phenoxy) is 2. The standard InChI is InChI=1S/C20H20O6/c1-11(21)15-10-14-16(25-19(23)26-20(2,3)4)9-12-7-5-6-8-13(12)17(22)18(14)24-15/h5-8,10,22H,9H2,1-4H3. The maximum atomic E-state index is 12.2. The number of furan rings is 1. The molecule has 0 aliphatic heterocycles. The number of Topliss-reactive ketones (excluding diaryl/α,β-unsaturated/α-hetero) is 1. The second-order valence-electron chi connectivity index (χ2n) is 7.08. The zero-order chi connectivity index (χ0) is 19.1. The average molecular weight is 356 g/mol. The van der Waals surface area contributed by atoms with Gasteiger partial charge in [-0.1, -0.05) is 24.3 Å². The monoisotopic (exact) mass is 356 g/mol. The van der Waals surface area contributed by atoms with Gasteiger partial charge in [-0.15, -0.1) is 0 Å². The molecule has 0 unspecified atom stereocenters. The molecular formula is C20H20O6. The molecule has 0 saturated heterocycles. The largest absolute Gasteiger partial charge is 0.514 e. The molecule has 3 rings (SSSR count). The van der Waals surface area contributed by atoms with Crippen LogP contribution in [-0.2, 0) is 15.9 Å². The van der Waals surface area contributed by atoms with E-state index in [9.17, 15) is 14.7 Å². The Morgan fingerprint density at radius 3 is 2.54 bits per heavy atom. The van der Waals surface area contributed by atoms with Gasteiger partial charge in [0.15, 0.2) is 22.7 Å². The maximum Gasteiger partial charge on any atom is 0.514 e. The fourth-order valence-corrected chi connectivity index (χ4v) is 2.71. The fraction of sp³-hybridized carbons (Fsp3) is 0.300. The second-order valence-corrected chi connectivity index (χ2v) is 7.08. The van der Waals surface area contributed by atoms with Crippen LogP contribution in [0.25, 0.3) is 11.5 Å². The van der Waals surface area contributed by atoms with Gasteiger partial charge in [-0.25, -0.2) is 4.79 Å². The normalized spacial score (nSPS) is 13.5. The van der Waals surface area contributed by atoms with E-state index in [1.807, 2.05) is 12.1 Å². The summed E-state index contributed by atoms with van der Waals surface area (Å²) >= 11 is 0. The van der Waals surface area contributed by atoms with Crippen LogP contribution < -0.4 is 10.6 Å². The Labute approximate surface area is 150 Å². The lowest BCUT2D eigenvalue weighted by atomic mass is 10.0.